The van der Waals surface area contributed by atoms with Crippen LogP contribution in [0, 0.1) is 0 Å². The molecule has 4 aromatic rings. The molecule has 4 rings (SSSR count). The zero-order chi connectivity index (χ0) is 19.3. The first-order valence-corrected chi connectivity index (χ1v) is 10.6. The van der Waals surface area contributed by atoms with Gasteiger partial charge in [-0.1, -0.05) is 47.3 Å². The van der Waals surface area contributed by atoms with E-state index in [1.165, 1.54) is 6.08 Å². The van der Waals surface area contributed by atoms with Crippen molar-refractivity contribution in [2.75, 3.05) is 11.6 Å². The largest absolute Gasteiger partial charge is 0.322 e. The molecular weight excluding hydrogens is 390 g/mol. The lowest BCUT2D eigenvalue weighted by Gasteiger charge is -2.01. The minimum absolute atomic E-state index is 0.216. The molecule has 0 radical (unpaired) electrons. The highest BCUT2D eigenvalue weighted by molar-refractivity contribution is 8.00. The van der Waals surface area contributed by atoms with Crippen molar-refractivity contribution in [1.29, 1.82) is 0 Å². The van der Waals surface area contributed by atoms with E-state index in [4.69, 9.17) is 0 Å². The third-order valence-corrected chi connectivity index (χ3v) is 5.96. The minimum Gasteiger partial charge on any atom is -0.322 e. The van der Waals surface area contributed by atoms with Crippen LogP contribution < -0.4 is 5.32 Å². The molecular formula is C20H17N5OS2. The summed E-state index contributed by atoms with van der Waals surface area (Å²) in [6.45, 7) is 0.640. The van der Waals surface area contributed by atoms with Crippen molar-refractivity contribution in [3.63, 3.8) is 0 Å². The molecule has 140 valence electrons. The SMILES string of the molecule is CSc1nc2ccc(NC(=O)/C=C/c3cn(Cc4ccccc4)nn3)cc2s1. The maximum Gasteiger partial charge on any atom is 0.248 e. The molecule has 2 heterocycles. The second kappa shape index (κ2) is 8.37. The monoisotopic (exact) mass is 407 g/mol. The smallest absolute Gasteiger partial charge is 0.248 e. The van der Waals surface area contributed by atoms with Crippen LogP contribution in [0.5, 0.6) is 0 Å². The molecule has 8 heteroatoms. The Kier molecular flexibility index (Phi) is 5.50. The van der Waals surface area contributed by atoms with Crippen molar-refractivity contribution in [1.82, 2.24) is 20.0 Å². The molecule has 0 aliphatic rings. The first-order chi connectivity index (χ1) is 13.7. The van der Waals surface area contributed by atoms with Crippen molar-refractivity contribution >= 4 is 51.0 Å². The van der Waals surface area contributed by atoms with E-state index in [0.717, 1.165) is 25.8 Å². The van der Waals surface area contributed by atoms with Crippen LogP contribution >= 0.6 is 23.1 Å². The molecule has 0 atom stereocenters. The van der Waals surface area contributed by atoms with Gasteiger partial charge in [-0.25, -0.2) is 9.67 Å². The summed E-state index contributed by atoms with van der Waals surface area (Å²) in [4.78, 5) is 16.7. The van der Waals surface area contributed by atoms with Gasteiger partial charge in [-0.2, -0.15) is 0 Å². The lowest BCUT2D eigenvalue weighted by Crippen LogP contribution is -2.07. The third-order valence-electron chi connectivity index (χ3n) is 3.96. The van der Waals surface area contributed by atoms with E-state index in [2.05, 4.69) is 20.6 Å². The number of carbonyl (C=O) groups is 1. The average Bonchev–Trinajstić information content (AvgIpc) is 3.33. The quantitative estimate of drug-likeness (QED) is 0.381. The van der Waals surface area contributed by atoms with Crippen molar-refractivity contribution in [2.24, 2.45) is 0 Å². The first kappa shape index (κ1) is 18.4. The van der Waals surface area contributed by atoms with E-state index in [-0.39, 0.29) is 5.91 Å². The molecule has 0 aliphatic heterocycles. The highest BCUT2D eigenvalue weighted by Crippen LogP contribution is 2.29. The van der Waals surface area contributed by atoms with Crippen LogP contribution in [-0.2, 0) is 11.3 Å². The summed E-state index contributed by atoms with van der Waals surface area (Å²) in [5.74, 6) is -0.216. The van der Waals surface area contributed by atoms with E-state index in [1.807, 2.05) is 61.0 Å². The molecule has 0 saturated heterocycles. The van der Waals surface area contributed by atoms with Gasteiger partial charge in [0.2, 0.25) is 5.91 Å². The molecule has 0 spiro atoms. The summed E-state index contributed by atoms with van der Waals surface area (Å²) in [6, 6.07) is 15.7. The fourth-order valence-corrected chi connectivity index (χ4v) is 4.18. The van der Waals surface area contributed by atoms with Gasteiger partial charge < -0.3 is 5.32 Å². The predicted molar refractivity (Wildman–Crippen MR) is 115 cm³/mol. The molecule has 2 aromatic heterocycles. The molecule has 28 heavy (non-hydrogen) atoms. The Morgan fingerprint density at radius 2 is 2.11 bits per heavy atom. The molecule has 0 fully saturated rings. The van der Waals surface area contributed by atoms with Crippen LogP contribution in [0.15, 0.2) is 65.1 Å². The Hall–Kier alpha value is -2.97. The maximum absolute atomic E-state index is 12.2. The van der Waals surface area contributed by atoms with Crippen LogP contribution in [0.25, 0.3) is 16.3 Å². The van der Waals surface area contributed by atoms with Gasteiger partial charge in [-0.05, 0) is 36.1 Å². The summed E-state index contributed by atoms with van der Waals surface area (Å²) < 4.78 is 3.81. The number of fused-ring (bicyclic) bond motifs is 1. The Bertz CT molecular complexity index is 1130. The van der Waals surface area contributed by atoms with Gasteiger partial charge in [-0.15, -0.1) is 16.4 Å². The number of aromatic nitrogens is 4. The number of anilines is 1. The number of thiazole rings is 1. The predicted octanol–water partition coefficient (Wildman–Crippen LogP) is 4.31. The number of nitrogens with one attached hydrogen (secondary N) is 1. The van der Waals surface area contributed by atoms with Crippen LogP contribution in [0.1, 0.15) is 11.3 Å². The van der Waals surface area contributed by atoms with Gasteiger partial charge in [0.1, 0.15) is 5.69 Å². The number of thioether (sulfide) groups is 1. The Morgan fingerprint density at radius 3 is 2.93 bits per heavy atom. The summed E-state index contributed by atoms with van der Waals surface area (Å²) in [5.41, 5.74) is 3.46. The second-order valence-electron chi connectivity index (χ2n) is 6.02. The molecule has 1 amide bonds. The van der Waals surface area contributed by atoms with E-state index >= 15 is 0 Å². The number of nitrogens with zero attached hydrogens (tertiary/aromatic N) is 4. The van der Waals surface area contributed by atoms with Crippen molar-refractivity contribution in [3.8, 4) is 0 Å². The summed E-state index contributed by atoms with van der Waals surface area (Å²) >= 11 is 3.23. The third kappa shape index (κ3) is 4.47. The number of carbonyl (C=O) groups excluding carboxylic acids is 1. The van der Waals surface area contributed by atoms with Crippen LogP contribution in [-0.4, -0.2) is 32.1 Å². The normalized spacial score (nSPS) is 11.3. The van der Waals surface area contributed by atoms with Gasteiger partial charge in [0.15, 0.2) is 4.34 Å². The zero-order valence-corrected chi connectivity index (χ0v) is 16.7. The number of hydrogen-bond donors (Lipinski definition) is 1. The molecule has 2 aromatic carbocycles. The standard InChI is InChI=1S/C20H17N5OS2/c1-27-20-22-17-9-7-15(11-18(17)28-20)21-19(26)10-8-16-13-25(24-23-16)12-14-5-3-2-4-6-14/h2-11,13H,12H2,1H3,(H,21,26)/b10-8+. The van der Waals surface area contributed by atoms with Crippen LogP contribution in [0.4, 0.5) is 5.69 Å². The molecule has 1 N–H and O–H groups in total. The van der Waals surface area contributed by atoms with Gasteiger partial charge >= 0.3 is 0 Å². The van der Waals surface area contributed by atoms with Gasteiger partial charge in [-0.3, -0.25) is 4.79 Å². The molecule has 0 aliphatic carbocycles. The molecule has 0 bridgehead atoms. The first-order valence-electron chi connectivity index (χ1n) is 8.57. The Labute approximate surface area is 170 Å². The Balaban J connectivity index is 1.39. The summed E-state index contributed by atoms with van der Waals surface area (Å²) in [7, 11) is 0. The molecule has 0 saturated carbocycles. The van der Waals surface area contributed by atoms with E-state index in [0.29, 0.717) is 12.2 Å². The molecule has 0 unspecified atom stereocenters. The van der Waals surface area contributed by atoms with Gasteiger partial charge in [0, 0.05) is 11.8 Å². The van der Waals surface area contributed by atoms with Gasteiger partial charge in [0.05, 0.1) is 23.0 Å². The second-order valence-corrected chi connectivity index (χ2v) is 8.10. The lowest BCUT2D eigenvalue weighted by molar-refractivity contribution is -0.111. The number of amides is 1. The number of rotatable bonds is 6. The minimum atomic E-state index is -0.216. The summed E-state index contributed by atoms with van der Waals surface area (Å²) in [5, 5.41) is 11.0. The number of hydrogen-bond acceptors (Lipinski definition) is 6. The van der Waals surface area contributed by atoms with Crippen LogP contribution in [0.2, 0.25) is 0 Å². The van der Waals surface area contributed by atoms with Crippen molar-refractivity contribution < 1.29 is 4.79 Å². The maximum atomic E-state index is 12.2. The average molecular weight is 408 g/mol. The van der Waals surface area contributed by atoms with E-state index < -0.39 is 0 Å². The van der Waals surface area contributed by atoms with Crippen molar-refractivity contribution in [2.45, 2.75) is 10.9 Å². The summed E-state index contributed by atoms with van der Waals surface area (Å²) in [6.07, 6.45) is 6.92. The highest BCUT2D eigenvalue weighted by atomic mass is 32.2. The van der Waals surface area contributed by atoms with Crippen molar-refractivity contribution in [3.05, 3.63) is 72.1 Å². The molecule has 6 nitrogen and oxygen atoms in total. The fraction of sp³-hybridized carbons (Fsp3) is 0.100. The zero-order valence-electron chi connectivity index (χ0n) is 15.1. The lowest BCUT2D eigenvalue weighted by atomic mass is 10.2. The topological polar surface area (TPSA) is 72.7 Å². The fourth-order valence-electron chi connectivity index (χ4n) is 2.65. The van der Waals surface area contributed by atoms with E-state index in [9.17, 15) is 4.79 Å². The van der Waals surface area contributed by atoms with Crippen LogP contribution in [0.3, 0.4) is 0 Å². The highest BCUT2D eigenvalue weighted by Gasteiger charge is 2.05. The van der Waals surface area contributed by atoms with Gasteiger partial charge in [0.25, 0.3) is 0 Å². The number of benzene rings is 2. The Morgan fingerprint density at radius 1 is 1.25 bits per heavy atom. The van der Waals surface area contributed by atoms with E-state index in [1.54, 1.807) is 33.9 Å².